The van der Waals surface area contributed by atoms with Crippen molar-refractivity contribution in [2.45, 2.75) is 26.7 Å². The molecule has 24 heavy (non-hydrogen) atoms. The predicted octanol–water partition coefficient (Wildman–Crippen LogP) is 3.98. The first-order valence-electron chi connectivity index (χ1n) is 8.77. The highest BCUT2D eigenvalue weighted by Gasteiger charge is 2.19. The Kier molecular flexibility index (Phi) is 5.14. The lowest BCUT2D eigenvalue weighted by molar-refractivity contribution is 0.0983. The topological polar surface area (TPSA) is 36.4 Å². The molecule has 1 aliphatic rings. The van der Waals surface area contributed by atoms with Crippen LogP contribution in [0.3, 0.4) is 0 Å². The molecule has 0 aliphatic carbocycles. The van der Waals surface area contributed by atoms with Gasteiger partial charge in [-0.25, -0.2) is 4.98 Å². The number of carbonyl (C=O) groups excluding carboxylic acids is 1. The van der Waals surface area contributed by atoms with Gasteiger partial charge >= 0.3 is 0 Å². The van der Waals surface area contributed by atoms with Crippen LogP contribution in [0.4, 0.5) is 11.4 Å². The van der Waals surface area contributed by atoms with E-state index in [1.54, 1.807) is 4.90 Å². The van der Waals surface area contributed by atoms with Crippen LogP contribution >= 0.6 is 0 Å². The third kappa shape index (κ3) is 3.58. The maximum Gasteiger partial charge on any atom is 0.276 e. The van der Waals surface area contributed by atoms with E-state index < -0.39 is 0 Å². The van der Waals surface area contributed by atoms with Gasteiger partial charge in [-0.3, -0.25) is 4.79 Å². The molecule has 1 saturated heterocycles. The van der Waals surface area contributed by atoms with Crippen LogP contribution in [0.15, 0.2) is 48.7 Å². The van der Waals surface area contributed by atoms with Gasteiger partial charge < -0.3 is 9.80 Å². The molecule has 1 aromatic heterocycles. The third-order valence-electron chi connectivity index (χ3n) is 4.62. The highest BCUT2D eigenvalue weighted by atomic mass is 16.2. The fourth-order valence-corrected chi connectivity index (χ4v) is 3.31. The van der Waals surface area contributed by atoms with Gasteiger partial charge in [-0.2, -0.15) is 0 Å². The van der Waals surface area contributed by atoms with Gasteiger partial charge in [-0.15, -0.1) is 0 Å². The lowest BCUT2D eigenvalue weighted by atomic mass is 10.00. The predicted molar refractivity (Wildman–Crippen MR) is 98.6 cm³/mol. The Bertz CT molecular complexity index is 669. The standard InChI is InChI=1S/C20H25N3O/c1-3-23(17-9-5-4-6-10-17)20(24)19-12-11-18(14-21-19)22-13-7-8-16(2)15-22/h4-6,9-12,14,16H,3,7-8,13,15H2,1-2H3. The zero-order valence-electron chi connectivity index (χ0n) is 14.5. The maximum atomic E-state index is 12.8. The van der Waals surface area contributed by atoms with Gasteiger partial charge in [0.05, 0.1) is 11.9 Å². The number of pyridine rings is 1. The number of piperidine rings is 1. The first-order valence-corrected chi connectivity index (χ1v) is 8.77. The SMILES string of the molecule is CCN(C(=O)c1ccc(N2CCCC(C)C2)cn1)c1ccccc1. The van der Waals surface area contributed by atoms with Crippen LogP contribution in [0.1, 0.15) is 37.2 Å². The second-order valence-corrected chi connectivity index (χ2v) is 6.48. The van der Waals surface area contributed by atoms with E-state index in [1.165, 1.54) is 12.8 Å². The number of benzene rings is 1. The van der Waals surface area contributed by atoms with Crippen molar-refractivity contribution >= 4 is 17.3 Å². The molecule has 0 saturated carbocycles. The molecule has 1 aromatic carbocycles. The Hall–Kier alpha value is -2.36. The minimum Gasteiger partial charge on any atom is -0.370 e. The molecule has 1 unspecified atom stereocenters. The van der Waals surface area contributed by atoms with E-state index in [0.29, 0.717) is 18.2 Å². The molecular formula is C20H25N3O. The molecule has 4 nitrogen and oxygen atoms in total. The van der Waals surface area contributed by atoms with E-state index in [-0.39, 0.29) is 5.91 Å². The molecule has 2 aromatic rings. The second kappa shape index (κ2) is 7.47. The molecule has 0 bridgehead atoms. The van der Waals surface area contributed by atoms with Crippen LogP contribution in [0.25, 0.3) is 0 Å². The number of amides is 1. The Labute approximate surface area is 144 Å². The molecule has 0 spiro atoms. The molecule has 1 fully saturated rings. The van der Waals surface area contributed by atoms with E-state index in [4.69, 9.17) is 0 Å². The fraction of sp³-hybridized carbons (Fsp3) is 0.400. The van der Waals surface area contributed by atoms with E-state index in [1.807, 2.05) is 55.6 Å². The summed E-state index contributed by atoms with van der Waals surface area (Å²) in [6.07, 6.45) is 4.35. The lowest BCUT2D eigenvalue weighted by Crippen LogP contribution is -2.34. The molecule has 1 amide bonds. The van der Waals surface area contributed by atoms with Crippen LogP contribution in [-0.2, 0) is 0 Å². The van der Waals surface area contributed by atoms with Crippen molar-refractivity contribution < 1.29 is 4.79 Å². The monoisotopic (exact) mass is 323 g/mol. The molecule has 1 aliphatic heterocycles. The first-order chi connectivity index (χ1) is 11.7. The van der Waals surface area contributed by atoms with Gasteiger partial charge in [0, 0.05) is 25.3 Å². The van der Waals surface area contributed by atoms with E-state index in [2.05, 4.69) is 16.8 Å². The summed E-state index contributed by atoms with van der Waals surface area (Å²) in [5.41, 5.74) is 2.51. The number of hydrogen-bond donors (Lipinski definition) is 0. The smallest absolute Gasteiger partial charge is 0.276 e. The van der Waals surface area contributed by atoms with Crippen molar-refractivity contribution in [3.63, 3.8) is 0 Å². The molecule has 0 radical (unpaired) electrons. The number of aromatic nitrogens is 1. The summed E-state index contributed by atoms with van der Waals surface area (Å²) in [5.74, 6) is 0.663. The van der Waals surface area contributed by atoms with Gasteiger partial charge in [-0.05, 0) is 49.9 Å². The van der Waals surface area contributed by atoms with E-state index >= 15 is 0 Å². The summed E-state index contributed by atoms with van der Waals surface area (Å²) in [5, 5.41) is 0. The van der Waals surface area contributed by atoms with Gasteiger partial charge in [0.25, 0.3) is 5.91 Å². The average molecular weight is 323 g/mol. The van der Waals surface area contributed by atoms with Crippen LogP contribution in [0.2, 0.25) is 0 Å². The minimum absolute atomic E-state index is 0.0535. The highest BCUT2D eigenvalue weighted by molar-refractivity contribution is 6.04. The lowest BCUT2D eigenvalue weighted by Gasteiger charge is -2.32. The van der Waals surface area contributed by atoms with Crippen molar-refractivity contribution in [1.29, 1.82) is 0 Å². The van der Waals surface area contributed by atoms with Crippen LogP contribution in [-0.4, -0.2) is 30.5 Å². The summed E-state index contributed by atoms with van der Waals surface area (Å²) in [4.78, 5) is 21.3. The number of para-hydroxylation sites is 1. The van der Waals surface area contributed by atoms with E-state index in [9.17, 15) is 4.79 Å². The summed E-state index contributed by atoms with van der Waals surface area (Å²) in [6.45, 7) is 7.03. The van der Waals surface area contributed by atoms with Gasteiger partial charge in [-0.1, -0.05) is 25.1 Å². The molecule has 2 heterocycles. The van der Waals surface area contributed by atoms with Crippen molar-refractivity contribution in [1.82, 2.24) is 4.98 Å². The Balaban J connectivity index is 1.76. The molecule has 1 atom stereocenters. The second-order valence-electron chi connectivity index (χ2n) is 6.48. The Morgan fingerprint density at radius 1 is 1.25 bits per heavy atom. The number of carbonyl (C=O) groups is 1. The number of rotatable bonds is 4. The van der Waals surface area contributed by atoms with Gasteiger partial charge in [0.2, 0.25) is 0 Å². The van der Waals surface area contributed by atoms with Crippen LogP contribution in [0.5, 0.6) is 0 Å². The fourth-order valence-electron chi connectivity index (χ4n) is 3.31. The van der Waals surface area contributed by atoms with Crippen molar-refractivity contribution in [2.75, 3.05) is 29.4 Å². The highest BCUT2D eigenvalue weighted by Crippen LogP contribution is 2.23. The van der Waals surface area contributed by atoms with Crippen molar-refractivity contribution in [3.8, 4) is 0 Å². The number of hydrogen-bond acceptors (Lipinski definition) is 3. The van der Waals surface area contributed by atoms with Crippen LogP contribution in [0, 0.1) is 5.92 Å². The maximum absolute atomic E-state index is 12.8. The normalized spacial score (nSPS) is 17.6. The van der Waals surface area contributed by atoms with E-state index in [0.717, 1.165) is 24.5 Å². The summed E-state index contributed by atoms with van der Waals surface area (Å²) < 4.78 is 0. The molecule has 4 heteroatoms. The number of anilines is 2. The van der Waals surface area contributed by atoms with Gasteiger partial charge in [0.15, 0.2) is 0 Å². The Morgan fingerprint density at radius 3 is 2.67 bits per heavy atom. The quantitative estimate of drug-likeness (QED) is 0.854. The summed E-state index contributed by atoms with van der Waals surface area (Å²) in [6, 6.07) is 13.6. The summed E-state index contributed by atoms with van der Waals surface area (Å²) in [7, 11) is 0. The molecular weight excluding hydrogens is 298 g/mol. The molecule has 126 valence electrons. The molecule has 0 N–H and O–H groups in total. The largest absolute Gasteiger partial charge is 0.370 e. The van der Waals surface area contributed by atoms with Crippen molar-refractivity contribution in [2.24, 2.45) is 5.92 Å². The zero-order chi connectivity index (χ0) is 16.9. The van der Waals surface area contributed by atoms with Gasteiger partial charge in [0.1, 0.15) is 5.69 Å². The zero-order valence-corrected chi connectivity index (χ0v) is 14.5. The molecule has 3 rings (SSSR count). The minimum atomic E-state index is -0.0535. The Morgan fingerprint density at radius 2 is 2.04 bits per heavy atom. The average Bonchev–Trinajstić information content (AvgIpc) is 2.63. The van der Waals surface area contributed by atoms with Crippen molar-refractivity contribution in [3.05, 3.63) is 54.4 Å². The number of nitrogens with zero attached hydrogens (tertiary/aromatic N) is 3. The third-order valence-corrected chi connectivity index (χ3v) is 4.62. The van der Waals surface area contributed by atoms with Crippen LogP contribution < -0.4 is 9.80 Å². The summed E-state index contributed by atoms with van der Waals surface area (Å²) >= 11 is 0. The first kappa shape index (κ1) is 16.5.